The molecule has 1 N–H and O–H groups in total. The summed E-state index contributed by atoms with van der Waals surface area (Å²) in [5.41, 5.74) is 1.92. The first-order valence-corrected chi connectivity index (χ1v) is 4.79. The summed E-state index contributed by atoms with van der Waals surface area (Å²) in [6.07, 6.45) is -0.982. The van der Waals surface area contributed by atoms with Crippen molar-refractivity contribution < 1.29 is 9.50 Å². The Morgan fingerprint density at radius 2 is 1.71 bits per heavy atom. The summed E-state index contributed by atoms with van der Waals surface area (Å²) in [6, 6.07) is 7.44. The first kappa shape index (κ1) is 11.2. The average Bonchev–Trinajstić information content (AvgIpc) is 2.15. The molecular weight excluding hydrogens is 179 g/mol. The lowest BCUT2D eigenvalue weighted by Crippen LogP contribution is -2.11. The number of benzene rings is 1. The topological polar surface area (TPSA) is 20.2 Å². The third-order valence-corrected chi connectivity index (χ3v) is 2.31. The maximum absolute atomic E-state index is 12.2. The molecule has 0 aliphatic carbocycles. The first-order chi connectivity index (χ1) is 6.45. The molecule has 0 aliphatic rings. The maximum atomic E-state index is 12.2. The van der Waals surface area contributed by atoms with Gasteiger partial charge in [0.2, 0.25) is 0 Å². The van der Waals surface area contributed by atoms with Crippen LogP contribution in [0.15, 0.2) is 24.3 Å². The Morgan fingerprint density at radius 3 is 2.07 bits per heavy atom. The number of aliphatic hydroxyl groups is 1. The van der Waals surface area contributed by atoms with Crippen molar-refractivity contribution >= 4 is 0 Å². The van der Waals surface area contributed by atoms with Gasteiger partial charge in [0.15, 0.2) is 0 Å². The Kier molecular flexibility index (Phi) is 3.27. The van der Waals surface area contributed by atoms with E-state index in [-0.39, 0.29) is 5.41 Å². The largest absolute Gasteiger partial charge is 0.386 e. The van der Waals surface area contributed by atoms with Crippen LogP contribution >= 0.6 is 0 Å². The molecule has 0 aromatic heterocycles. The Balaban J connectivity index is 2.89. The normalized spacial score (nSPS) is 14.1. The number of alkyl halides is 1. The Bertz CT molecular complexity index is 284. The molecule has 0 saturated carbocycles. The predicted octanol–water partition coefficient (Wildman–Crippen LogP) is 2.99. The van der Waals surface area contributed by atoms with Gasteiger partial charge in [-0.2, -0.15) is 0 Å². The van der Waals surface area contributed by atoms with E-state index in [1.165, 1.54) is 5.56 Å². The van der Waals surface area contributed by atoms with Gasteiger partial charge in [0.25, 0.3) is 0 Å². The summed E-state index contributed by atoms with van der Waals surface area (Å²) < 4.78 is 12.2. The quantitative estimate of drug-likeness (QED) is 0.771. The van der Waals surface area contributed by atoms with Crippen LogP contribution in [0, 0.1) is 0 Å². The van der Waals surface area contributed by atoms with Crippen LogP contribution in [0.4, 0.5) is 4.39 Å². The van der Waals surface area contributed by atoms with Gasteiger partial charge < -0.3 is 5.11 Å². The number of aliphatic hydroxyl groups excluding tert-OH is 1. The van der Waals surface area contributed by atoms with E-state index in [0.717, 1.165) is 0 Å². The van der Waals surface area contributed by atoms with Gasteiger partial charge in [0.1, 0.15) is 12.8 Å². The molecule has 0 aliphatic heterocycles. The zero-order valence-corrected chi connectivity index (χ0v) is 8.92. The second kappa shape index (κ2) is 4.09. The van der Waals surface area contributed by atoms with Gasteiger partial charge in [-0.1, -0.05) is 45.0 Å². The standard InChI is InChI=1S/C12H17FO/c1-12(2,3)10-6-4-9(5-7-10)11(14)8-13/h4-7,11,14H,8H2,1-3H3. The van der Waals surface area contributed by atoms with E-state index in [1.807, 2.05) is 12.1 Å². The lowest BCUT2D eigenvalue weighted by Gasteiger charge is -2.19. The van der Waals surface area contributed by atoms with Crippen molar-refractivity contribution in [2.75, 3.05) is 6.67 Å². The van der Waals surface area contributed by atoms with Gasteiger partial charge in [-0.15, -0.1) is 0 Å². The molecule has 1 unspecified atom stereocenters. The molecule has 1 aromatic rings. The van der Waals surface area contributed by atoms with E-state index in [4.69, 9.17) is 0 Å². The molecule has 0 radical (unpaired) electrons. The van der Waals surface area contributed by atoms with Crippen molar-refractivity contribution in [1.29, 1.82) is 0 Å². The maximum Gasteiger partial charge on any atom is 0.119 e. The number of rotatable bonds is 2. The van der Waals surface area contributed by atoms with Gasteiger partial charge in [-0.05, 0) is 16.5 Å². The highest BCUT2D eigenvalue weighted by Crippen LogP contribution is 2.23. The van der Waals surface area contributed by atoms with Gasteiger partial charge in [-0.3, -0.25) is 0 Å². The van der Waals surface area contributed by atoms with Crippen molar-refractivity contribution in [1.82, 2.24) is 0 Å². The SMILES string of the molecule is CC(C)(C)c1ccc(C(O)CF)cc1. The monoisotopic (exact) mass is 196 g/mol. The zero-order valence-electron chi connectivity index (χ0n) is 8.92. The van der Waals surface area contributed by atoms with E-state index in [0.29, 0.717) is 5.56 Å². The van der Waals surface area contributed by atoms with Crippen LogP contribution in [0.2, 0.25) is 0 Å². The van der Waals surface area contributed by atoms with Crippen LogP contribution < -0.4 is 0 Å². The average molecular weight is 196 g/mol. The Hall–Kier alpha value is -0.890. The van der Waals surface area contributed by atoms with Crippen molar-refractivity contribution in [3.63, 3.8) is 0 Å². The molecule has 1 nitrogen and oxygen atoms in total. The molecule has 1 aromatic carbocycles. The van der Waals surface area contributed by atoms with Crippen LogP contribution in [0.3, 0.4) is 0 Å². The highest BCUT2D eigenvalue weighted by molar-refractivity contribution is 5.28. The smallest absolute Gasteiger partial charge is 0.119 e. The predicted molar refractivity (Wildman–Crippen MR) is 56.1 cm³/mol. The van der Waals surface area contributed by atoms with E-state index >= 15 is 0 Å². The van der Waals surface area contributed by atoms with Crippen molar-refractivity contribution in [2.24, 2.45) is 0 Å². The highest BCUT2D eigenvalue weighted by atomic mass is 19.1. The van der Waals surface area contributed by atoms with Crippen molar-refractivity contribution in [2.45, 2.75) is 32.3 Å². The summed E-state index contributed by atoms with van der Waals surface area (Å²) in [6.45, 7) is 5.63. The van der Waals surface area contributed by atoms with Crippen LogP contribution in [0.5, 0.6) is 0 Å². The fourth-order valence-corrected chi connectivity index (χ4v) is 1.29. The van der Waals surface area contributed by atoms with Crippen LogP contribution in [0.25, 0.3) is 0 Å². The molecule has 1 atom stereocenters. The minimum Gasteiger partial charge on any atom is -0.386 e. The number of hydrogen-bond donors (Lipinski definition) is 1. The van der Waals surface area contributed by atoms with Crippen LogP contribution in [-0.2, 0) is 5.41 Å². The molecule has 0 bridgehead atoms. The summed E-state index contributed by atoms with van der Waals surface area (Å²) >= 11 is 0. The molecular formula is C12H17FO. The molecule has 0 saturated heterocycles. The van der Waals surface area contributed by atoms with E-state index in [1.54, 1.807) is 12.1 Å². The molecule has 2 heteroatoms. The van der Waals surface area contributed by atoms with Crippen LogP contribution in [-0.4, -0.2) is 11.8 Å². The molecule has 78 valence electrons. The summed E-state index contributed by atoms with van der Waals surface area (Å²) in [5.74, 6) is 0. The second-order valence-electron chi connectivity index (χ2n) is 4.54. The fraction of sp³-hybridized carbons (Fsp3) is 0.500. The van der Waals surface area contributed by atoms with E-state index < -0.39 is 12.8 Å². The molecule has 1 rings (SSSR count). The molecule has 0 fully saturated rings. The molecule has 0 heterocycles. The van der Waals surface area contributed by atoms with Gasteiger partial charge >= 0.3 is 0 Å². The van der Waals surface area contributed by atoms with Gasteiger partial charge in [-0.25, -0.2) is 4.39 Å². The lowest BCUT2D eigenvalue weighted by molar-refractivity contribution is 0.142. The minimum atomic E-state index is -0.982. The fourth-order valence-electron chi connectivity index (χ4n) is 1.29. The second-order valence-corrected chi connectivity index (χ2v) is 4.54. The molecule has 0 spiro atoms. The Morgan fingerprint density at radius 1 is 1.21 bits per heavy atom. The van der Waals surface area contributed by atoms with Crippen molar-refractivity contribution in [3.05, 3.63) is 35.4 Å². The Labute approximate surface area is 84.6 Å². The zero-order chi connectivity index (χ0) is 10.8. The first-order valence-electron chi connectivity index (χ1n) is 4.79. The van der Waals surface area contributed by atoms with Crippen molar-refractivity contribution in [3.8, 4) is 0 Å². The van der Waals surface area contributed by atoms with Crippen LogP contribution in [0.1, 0.15) is 38.0 Å². The summed E-state index contributed by atoms with van der Waals surface area (Å²) in [5, 5.41) is 9.25. The molecule has 14 heavy (non-hydrogen) atoms. The van der Waals surface area contributed by atoms with Gasteiger partial charge in [0, 0.05) is 0 Å². The third kappa shape index (κ3) is 2.55. The number of halogens is 1. The van der Waals surface area contributed by atoms with Gasteiger partial charge in [0.05, 0.1) is 0 Å². The number of hydrogen-bond acceptors (Lipinski definition) is 1. The minimum absolute atomic E-state index is 0.0964. The summed E-state index contributed by atoms with van der Waals surface area (Å²) in [7, 11) is 0. The molecule has 0 amide bonds. The third-order valence-electron chi connectivity index (χ3n) is 2.31. The summed E-state index contributed by atoms with van der Waals surface area (Å²) in [4.78, 5) is 0. The van der Waals surface area contributed by atoms with E-state index in [9.17, 15) is 9.50 Å². The van der Waals surface area contributed by atoms with E-state index in [2.05, 4.69) is 20.8 Å². The highest BCUT2D eigenvalue weighted by Gasteiger charge is 2.14. The lowest BCUT2D eigenvalue weighted by atomic mass is 9.86.